The minimum atomic E-state index is -0.161. The minimum absolute atomic E-state index is 0.0276. The molecule has 0 aromatic carbocycles. The van der Waals surface area contributed by atoms with Crippen molar-refractivity contribution in [3.05, 3.63) is 30.1 Å². The lowest BCUT2D eigenvalue weighted by molar-refractivity contribution is -0.129. The van der Waals surface area contributed by atoms with Crippen LogP contribution in [0.25, 0.3) is 0 Å². The fourth-order valence-corrected chi connectivity index (χ4v) is 2.83. The van der Waals surface area contributed by atoms with Gasteiger partial charge in [-0.15, -0.1) is 0 Å². The van der Waals surface area contributed by atoms with E-state index in [9.17, 15) is 4.79 Å². The van der Waals surface area contributed by atoms with Gasteiger partial charge in [-0.3, -0.25) is 14.7 Å². The fourth-order valence-electron chi connectivity index (χ4n) is 2.83. The van der Waals surface area contributed by atoms with Gasteiger partial charge in [-0.2, -0.15) is 0 Å². The summed E-state index contributed by atoms with van der Waals surface area (Å²) in [5.74, 6) is 0.178. The van der Waals surface area contributed by atoms with E-state index in [0.29, 0.717) is 0 Å². The molecular weight excluding hydrogens is 262 g/mol. The van der Waals surface area contributed by atoms with E-state index >= 15 is 0 Å². The van der Waals surface area contributed by atoms with Gasteiger partial charge in [-0.25, -0.2) is 0 Å². The Balaban J connectivity index is 1.94. The van der Waals surface area contributed by atoms with E-state index in [2.05, 4.69) is 15.2 Å². The largest absolute Gasteiger partial charge is 0.350 e. The topological polar surface area (TPSA) is 45.2 Å². The number of rotatable bonds is 4. The van der Waals surface area contributed by atoms with E-state index in [-0.39, 0.29) is 17.5 Å². The summed E-state index contributed by atoms with van der Waals surface area (Å²) in [5.41, 5.74) is 1.12. The number of pyridine rings is 1. The number of likely N-dealkylation sites (tertiary alicyclic amines) is 1. The van der Waals surface area contributed by atoms with Crippen LogP contribution in [0.3, 0.4) is 0 Å². The number of nitrogens with one attached hydrogen (secondary N) is 1. The van der Waals surface area contributed by atoms with Crippen LogP contribution in [0, 0.1) is 0 Å². The van der Waals surface area contributed by atoms with Gasteiger partial charge >= 0.3 is 0 Å². The summed E-state index contributed by atoms with van der Waals surface area (Å²) in [5, 5.41) is 3.13. The molecule has 0 spiro atoms. The van der Waals surface area contributed by atoms with Crippen molar-refractivity contribution in [3.63, 3.8) is 0 Å². The molecule has 0 radical (unpaired) electrons. The Morgan fingerprint density at radius 2 is 2.05 bits per heavy atom. The van der Waals surface area contributed by atoms with Crippen LogP contribution < -0.4 is 5.32 Å². The number of piperidine rings is 1. The number of nitrogens with zero attached hydrogens (tertiary/aromatic N) is 2. The molecule has 1 saturated heterocycles. The molecule has 1 aromatic heterocycles. The Labute approximate surface area is 127 Å². The third kappa shape index (κ3) is 5.12. The Morgan fingerprint density at radius 1 is 1.33 bits per heavy atom. The Hall–Kier alpha value is -1.42. The van der Waals surface area contributed by atoms with Crippen LogP contribution in [0.2, 0.25) is 0 Å². The molecule has 1 aliphatic heterocycles. The molecule has 1 aromatic rings. The maximum absolute atomic E-state index is 12.5. The zero-order valence-corrected chi connectivity index (χ0v) is 13.4. The molecule has 1 unspecified atom stereocenters. The molecule has 4 nitrogen and oxygen atoms in total. The normalized spacial score (nSPS) is 20.2. The van der Waals surface area contributed by atoms with Crippen molar-refractivity contribution in [2.45, 2.75) is 58.0 Å². The van der Waals surface area contributed by atoms with Gasteiger partial charge in [0.2, 0.25) is 5.91 Å². The maximum Gasteiger partial charge on any atom is 0.237 e. The van der Waals surface area contributed by atoms with Gasteiger partial charge in [-0.1, -0.05) is 6.42 Å². The number of hydrogen-bond acceptors (Lipinski definition) is 3. The van der Waals surface area contributed by atoms with Crippen molar-refractivity contribution >= 4 is 5.91 Å². The van der Waals surface area contributed by atoms with Crippen molar-refractivity contribution in [1.29, 1.82) is 0 Å². The first-order chi connectivity index (χ1) is 9.96. The molecule has 4 heteroatoms. The average Bonchev–Trinajstić information content (AvgIpc) is 2.45. The number of carbonyl (C=O) groups excluding carboxylic acids is 1. The van der Waals surface area contributed by atoms with Crippen molar-refractivity contribution in [3.8, 4) is 0 Å². The third-order valence-corrected chi connectivity index (χ3v) is 3.85. The lowest BCUT2D eigenvalue weighted by atomic mass is 9.99. The maximum atomic E-state index is 12.5. The number of hydrogen-bond donors (Lipinski definition) is 1. The predicted molar refractivity (Wildman–Crippen MR) is 85.0 cm³/mol. The van der Waals surface area contributed by atoms with Gasteiger partial charge in [0.15, 0.2) is 0 Å². The quantitative estimate of drug-likeness (QED) is 0.925. The van der Waals surface area contributed by atoms with Crippen LogP contribution in [-0.2, 0) is 11.2 Å². The Bertz CT molecular complexity index is 453. The summed E-state index contributed by atoms with van der Waals surface area (Å²) in [4.78, 5) is 18.9. The molecule has 116 valence electrons. The van der Waals surface area contributed by atoms with Gasteiger partial charge in [0.05, 0.1) is 6.04 Å². The molecule has 2 rings (SSSR count). The summed E-state index contributed by atoms with van der Waals surface area (Å²) in [6, 6.07) is 4.13. The first-order valence-electron chi connectivity index (χ1n) is 7.91. The van der Waals surface area contributed by atoms with Crippen molar-refractivity contribution < 1.29 is 4.79 Å². The summed E-state index contributed by atoms with van der Waals surface area (Å²) in [6.07, 6.45) is 7.94. The second-order valence-corrected chi connectivity index (χ2v) is 6.89. The monoisotopic (exact) mass is 289 g/mol. The molecule has 1 fully saturated rings. The first-order valence-corrected chi connectivity index (χ1v) is 7.91. The summed E-state index contributed by atoms with van der Waals surface area (Å²) in [6.45, 7) is 8.07. The van der Waals surface area contributed by atoms with Crippen molar-refractivity contribution in [1.82, 2.24) is 15.2 Å². The van der Waals surface area contributed by atoms with E-state index in [1.54, 1.807) is 0 Å². The van der Waals surface area contributed by atoms with Crippen LogP contribution in [-0.4, -0.2) is 40.5 Å². The van der Waals surface area contributed by atoms with E-state index in [4.69, 9.17) is 0 Å². The second-order valence-electron chi connectivity index (χ2n) is 6.89. The van der Waals surface area contributed by atoms with Crippen LogP contribution in [0.15, 0.2) is 24.5 Å². The summed E-state index contributed by atoms with van der Waals surface area (Å²) in [7, 11) is 0. The number of amides is 1. The van der Waals surface area contributed by atoms with E-state index in [1.165, 1.54) is 12.0 Å². The molecule has 1 aliphatic rings. The van der Waals surface area contributed by atoms with Crippen LogP contribution in [0.1, 0.15) is 45.6 Å². The molecule has 1 atom stereocenters. The van der Waals surface area contributed by atoms with Crippen LogP contribution in [0.5, 0.6) is 0 Å². The molecule has 0 saturated carbocycles. The van der Waals surface area contributed by atoms with Crippen LogP contribution >= 0.6 is 0 Å². The highest BCUT2D eigenvalue weighted by Gasteiger charge is 2.30. The lowest BCUT2D eigenvalue weighted by Crippen LogP contribution is -2.54. The Kier molecular flexibility index (Phi) is 5.34. The number of aromatic nitrogens is 1. The van der Waals surface area contributed by atoms with Gasteiger partial charge in [0.1, 0.15) is 0 Å². The van der Waals surface area contributed by atoms with Gasteiger partial charge in [0.25, 0.3) is 0 Å². The average molecular weight is 289 g/mol. The SMILES string of the molecule is CC(C)(C)NC(=O)C1CCCCN1CCc1ccncc1. The van der Waals surface area contributed by atoms with Gasteiger partial charge in [-0.05, 0) is 64.3 Å². The van der Waals surface area contributed by atoms with E-state index in [1.807, 2.05) is 45.3 Å². The molecule has 0 bridgehead atoms. The third-order valence-electron chi connectivity index (χ3n) is 3.85. The van der Waals surface area contributed by atoms with Gasteiger partial charge < -0.3 is 5.32 Å². The van der Waals surface area contributed by atoms with Crippen molar-refractivity contribution in [2.24, 2.45) is 0 Å². The lowest BCUT2D eigenvalue weighted by Gasteiger charge is -2.36. The minimum Gasteiger partial charge on any atom is -0.350 e. The Morgan fingerprint density at radius 3 is 2.71 bits per heavy atom. The molecule has 0 aliphatic carbocycles. The highest BCUT2D eigenvalue weighted by Crippen LogP contribution is 2.18. The summed E-state index contributed by atoms with van der Waals surface area (Å²) < 4.78 is 0. The zero-order chi connectivity index (χ0) is 15.3. The van der Waals surface area contributed by atoms with Crippen molar-refractivity contribution in [2.75, 3.05) is 13.1 Å². The van der Waals surface area contributed by atoms with E-state index in [0.717, 1.165) is 32.4 Å². The molecule has 1 amide bonds. The molecule has 21 heavy (non-hydrogen) atoms. The molecule has 2 heterocycles. The molecule has 1 N–H and O–H groups in total. The van der Waals surface area contributed by atoms with Crippen LogP contribution in [0.4, 0.5) is 0 Å². The highest BCUT2D eigenvalue weighted by atomic mass is 16.2. The first kappa shape index (κ1) is 16.0. The smallest absolute Gasteiger partial charge is 0.237 e. The summed E-state index contributed by atoms with van der Waals surface area (Å²) >= 11 is 0. The zero-order valence-electron chi connectivity index (χ0n) is 13.4. The second kappa shape index (κ2) is 7.03. The van der Waals surface area contributed by atoms with Gasteiger partial charge in [0, 0.05) is 24.5 Å². The highest BCUT2D eigenvalue weighted by molar-refractivity contribution is 5.82. The standard InChI is InChI=1S/C17H27N3O/c1-17(2,3)19-16(21)15-6-4-5-12-20(15)13-9-14-7-10-18-11-8-14/h7-8,10-11,15H,4-6,9,12-13H2,1-3H3,(H,19,21). The number of carbonyl (C=O) groups is 1. The predicted octanol–water partition coefficient (Wildman–Crippen LogP) is 2.39. The fraction of sp³-hybridized carbons (Fsp3) is 0.647. The molecular formula is C17H27N3O. The van der Waals surface area contributed by atoms with E-state index < -0.39 is 0 Å².